The lowest BCUT2D eigenvalue weighted by Crippen LogP contribution is -2.37. The lowest BCUT2D eigenvalue weighted by atomic mass is 9.86. The zero-order valence-electron chi connectivity index (χ0n) is 19.1. The fourth-order valence-corrected chi connectivity index (χ4v) is 6.76. The molecule has 2 atom stereocenters. The SMILES string of the molecule is CC(CC(C)(C)C)CP(=O)(CC(C)CC(C)(C)C)OCC[N+](C)(C)C. The lowest BCUT2D eigenvalue weighted by molar-refractivity contribution is -0.870. The van der Waals surface area contributed by atoms with Gasteiger partial charge in [-0.15, -0.1) is 0 Å². The van der Waals surface area contributed by atoms with Crippen LogP contribution in [0.15, 0.2) is 0 Å². The van der Waals surface area contributed by atoms with Crippen LogP contribution in [-0.4, -0.2) is 51.1 Å². The van der Waals surface area contributed by atoms with Gasteiger partial charge in [0, 0.05) is 12.3 Å². The van der Waals surface area contributed by atoms with E-state index in [0.717, 1.165) is 36.2 Å². The molecule has 0 spiro atoms. The van der Waals surface area contributed by atoms with E-state index in [9.17, 15) is 4.57 Å². The first-order chi connectivity index (χ1) is 10.9. The van der Waals surface area contributed by atoms with Gasteiger partial charge >= 0.3 is 0 Å². The van der Waals surface area contributed by atoms with Crippen LogP contribution in [-0.2, 0) is 9.09 Å². The maximum absolute atomic E-state index is 13.7. The minimum absolute atomic E-state index is 0.267. The zero-order valence-corrected chi connectivity index (χ0v) is 20.0. The predicted molar refractivity (Wildman–Crippen MR) is 113 cm³/mol. The molecule has 0 saturated carbocycles. The van der Waals surface area contributed by atoms with Crippen LogP contribution >= 0.6 is 7.37 Å². The molecule has 3 nitrogen and oxygen atoms in total. The van der Waals surface area contributed by atoms with Crippen molar-refractivity contribution in [1.82, 2.24) is 0 Å². The van der Waals surface area contributed by atoms with E-state index in [0.29, 0.717) is 18.4 Å². The Kier molecular flexibility index (Phi) is 9.43. The Morgan fingerprint density at radius 1 is 0.840 bits per heavy atom. The maximum atomic E-state index is 13.7. The van der Waals surface area contributed by atoms with E-state index < -0.39 is 7.37 Å². The summed E-state index contributed by atoms with van der Waals surface area (Å²) in [6.07, 6.45) is 3.61. The molecule has 0 rings (SSSR count). The van der Waals surface area contributed by atoms with Crippen molar-refractivity contribution in [1.29, 1.82) is 0 Å². The third kappa shape index (κ3) is 15.0. The molecule has 0 saturated heterocycles. The van der Waals surface area contributed by atoms with E-state index in [4.69, 9.17) is 4.52 Å². The molecule has 0 amide bonds. The number of likely N-dealkylation sites (N-methyl/N-ethyl adjacent to an activating group) is 1. The lowest BCUT2D eigenvalue weighted by Gasteiger charge is -2.31. The van der Waals surface area contributed by atoms with Crippen LogP contribution in [0.5, 0.6) is 0 Å². The molecular weight excluding hydrogens is 329 g/mol. The minimum atomic E-state index is -2.60. The Balaban J connectivity index is 4.99. The van der Waals surface area contributed by atoms with Crippen molar-refractivity contribution < 1.29 is 13.6 Å². The number of nitrogens with zero attached hydrogens (tertiary/aromatic N) is 1. The van der Waals surface area contributed by atoms with Crippen molar-refractivity contribution in [3.8, 4) is 0 Å². The fourth-order valence-electron chi connectivity index (χ4n) is 3.83. The van der Waals surface area contributed by atoms with Gasteiger partial charge in [0.05, 0.1) is 21.1 Å². The molecule has 4 heteroatoms. The summed E-state index contributed by atoms with van der Waals surface area (Å²) in [6.45, 7) is 19.5. The van der Waals surface area contributed by atoms with Gasteiger partial charge in [0.25, 0.3) is 0 Å². The van der Waals surface area contributed by atoms with Gasteiger partial charge in [0.15, 0.2) is 0 Å². The second-order valence-electron chi connectivity index (χ2n) is 11.8. The van der Waals surface area contributed by atoms with Crippen molar-refractivity contribution in [2.24, 2.45) is 22.7 Å². The first kappa shape index (κ1) is 25.1. The van der Waals surface area contributed by atoms with Gasteiger partial charge in [0.2, 0.25) is 7.37 Å². The molecule has 0 aromatic carbocycles. The summed E-state index contributed by atoms with van der Waals surface area (Å²) in [5.41, 5.74) is 0.535. The van der Waals surface area contributed by atoms with Gasteiger partial charge in [-0.25, -0.2) is 0 Å². The second-order valence-corrected chi connectivity index (χ2v) is 14.4. The number of quaternary nitrogens is 1. The summed E-state index contributed by atoms with van der Waals surface area (Å²) in [6, 6.07) is 0. The smallest absolute Gasteiger partial charge is 0.203 e. The van der Waals surface area contributed by atoms with Crippen LogP contribution in [0.25, 0.3) is 0 Å². The Morgan fingerprint density at radius 3 is 1.48 bits per heavy atom. The summed E-state index contributed by atoms with van der Waals surface area (Å²) in [5.74, 6) is 0.855. The highest BCUT2D eigenvalue weighted by Crippen LogP contribution is 2.52. The van der Waals surface area contributed by atoms with Crippen LogP contribution in [0.3, 0.4) is 0 Å². The van der Waals surface area contributed by atoms with Gasteiger partial charge in [-0.05, 0) is 35.5 Å². The Labute approximate surface area is 158 Å². The quantitative estimate of drug-likeness (QED) is 0.338. The standard InChI is InChI=1S/C21H47NO2P/c1-18(14-20(3,4)5)16-25(23,24-13-12-22(9,10)11)17-19(2)15-21(6,7)8/h18-19H,12-17H2,1-11H3/q+1. The van der Waals surface area contributed by atoms with E-state index in [1.807, 2.05) is 0 Å². The number of rotatable bonds is 10. The van der Waals surface area contributed by atoms with Gasteiger partial charge in [-0.1, -0.05) is 55.4 Å². The number of hydrogen-bond acceptors (Lipinski definition) is 2. The maximum Gasteiger partial charge on any atom is 0.203 e. The molecule has 152 valence electrons. The van der Waals surface area contributed by atoms with E-state index >= 15 is 0 Å². The molecule has 2 unspecified atom stereocenters. The highest BCUT2D eigenvalue weighted by molar-refractivity contribution is 7.59. The summed E-state index contributed by atoms with van der Waals surface area (Å²) in [4.78, 5) is 0. The molecule has 0 bridgehead atoms. The first-order valence-electron chi connectivity index (χ1n) is 9.94. The molecule has 0 aliphatic carbocycles. The highest BCUT2D eigenvalue weighted by Gasteiger charge is 2.31. The van der Waals surface area contributed by atoms with Crippen molar-refractivity contribution >= 4 is 7.37 Å². The van der Waals surface area contributed by atoms with Crippen molar-refractivity contribution in [3.63, 3.8) is 0 Å². The van der Waals surface area contributed by atoms with Gasteiger partial charge in [-0.3, -0.25) is 4.57 Å². The monoisotopic (exact) mass is 376 g/mol. The second kappa shape index (κ2) is 9.38. The van der Waals surface area contributed by atoms with Gasteiger partial charge < -0.3 is 9.01 Å². The molecule has 0 aliphatic heterocycles. The summed E-state index contributed by atoms with van der Waals surface area (Å²) in [5, 5.41) is 0. The summed E-state index contributed by atoms with van der Waals surface area (Å²) < 4.78 is 20.6. The molecule has 25 heavy (non-hydrogen) atoms. The van der Waals surface area contributed by atoms with E-state index in [1.54, 1.807) is 0 Å². The Bertz CT molecular complexity index is 399. The number of hydrogen-bond donors (Lipinski definition) is 0. The third-order valence-corrected chi connectivity index (χ3v) is 7.20. The zero-order chi connectivity index (χ0) is 20.1. The molecule has 0 aromatic rings. The van der Waals surface area contributed by atoms with Crippen LogP contribution in [0.4, 0.5) is 0 Å². The van der Waals surface area contributed by atoms with Gasteiger partial charge in [0.1, 0.15) is 13.2 Å². The molecular formula is C21H47NO2P+. The van der Waals surface area contributed by atoms with Crippen molar-refractivity contribution in [3.05, 3.63) is 0 Å². The summed E-state index contributed by atoms with van der Waals surface area (Å²) in [7, 11) is 3.85. The average molecular weight is 377 g/mol. The highest BCUT2D eigenvalue weighted by atomic mass is 31.2. The van der Waals surface area contributed by atoms with E-state index in [-0.39, 0.29) is 10.8 Å². The van der Waals surface area contributed by atoms with Crippen molar-refractivity contribution in [2.75, 3.05) is 46.6 Å². The average Bonchev–Trinajstić information content (AvgIpc) is 2.18. The van der Waals surface area contributed by atoms with Crippen LogP contribution < -0.4 is 0 Å². The largest absolute Gasteiger partial charge is 0.329 e. The third-order valence-electron chi connectivity index (χ3n) is 4.19. The molecule has 0 aromatic heterocycles. The topological polar surface area (TPSA) is 26.3 Å². The molecule has 0 radical (unpaired) electrons. The Morgan fingerprint density at radius 2 is 1.20 bits per heavy atom. The minimum Gasteiger partial charge on any atom is -0.329 e. The van der Waals surface area contributed by atoms with E-state index in [1.165, 1.54) is 0 Å². The summed E-state index contributed by atoms with van der Waals surface area (Å²) >= 11 is 0. The molecule has 0 aliphatic rings. The molecule has 0 heterocycles. The Hall–Kier alpha value is 0.150. The normalized spacial score (nSPS) is 18.7. The predicted octanol–water partition coefficient (Wildman–Crippen LogP) is 6.13. The van der Waals surface area contributed by atoms with Gasteiger partial charge in [-0.2, -0.15) is 0 Å². The first-order valence-corrected chi connectivity index (χ1v) is 11.9. The molecule has 0 fully saturated rings. The molecule has 0 N–H and O–H groups in total. The van der Waals surface area contributed by atoms with Crippen LogP contribution in [0.1, 0.15) is 68.2 Å². The van der Waals surface area contributed by atoms with E-state index in [2.05, 4.69) is 76.5 Å². The van der Waals surface area contributed by atoms with Crippen LogP contribution in [0, 0.1) is 22.7 Å². The van der Waals surface area contributed by atoms with Crippen LogP contribution in [0.2, 0.25) is 0 Å². The fraction of sp³-hybridized carbons (Fsp3) is 1.00. The van der Waals surface area contributed by atoms with Crippen molar-refractivity contribution in [2.45, 2.75) is 68.2 Å².